The van der Waals surface area contributed by atoms with Crippen molar-refractivity contribution in [2.45, 2.75) is 38.3 Å². The number of aryl methyl sites for hydroxylation is 1. The standard InChI is InChI=1S/C24H24N2O5/c1-15(22(28)26-19-13-7-9-16-8-5-6-12-18(16)19)31-24(29)21-20(27)14-30-23(21)25-17-10-3-2-4-11-17/h2-6,8,10-12,15,19,25H,7,9,13-14H2,1H3,(H,26,28)/t15-,19+/m0/s1. The summed E-state index contributed by atoms with van der Waals surface area (Å²) in [6.07, 6.45) is 1.73. The SMILES string of the molecule is C[C@H](OC(=O)C1=C(Nc2ccccc2)OCC1=O)C(=O)N[C@@H]1CCCc2ccccc21. The molecule has 0 saturated carbocycles. The van der Waals surface area contributed by atoms with Crippen LogP contribution >= 0.6 is 0 Å². The molecule has 1 aliphatic carbocycles. The number of para-hydroxylation sites is 1. The average Bonchev–Trinajstić information content (AvgIpc) is 3.14. The van der Waals surface area contributed by atoms with Gasteiger partial charge in [0.1, 0.15) is 0 Å². The van der Waals surface area contributed by atoms with Gasteiger partial charge in [0.05, 0.1) is 6.04 Å². The van der Waals surface area contributed by atoms with Crippen molar-refractivity contribution in [2.75, 3.05) is 11.9 Å². The number of hydrogen-bond donors (Lipinski definition) is 2. The summed E-state index contributed by atoms with van der Waals surface area (Å²) >= 11 is 0. The van der Waals surface area contributed by atoms with Gasteiger partial charge in [0.2, 0.25) is 11.7 Å². The van der Waals surface area contributed by atoms with Crippen molar-refractivity contribution in [3.63, 3.8) is 0 Å². The van der Waals surface area contributed by atoms with Gasteiger partial charge in [0.15, 0.2) is 18.3 Å². The summed E-state index contributed by atoms with van der Waals surface area (Å²) in [5.74, 6) is -1.74. The molecule has 1 amide bonds. The lowest BCUT2D eigenvalue weighted by Gasteiger charge is -2.27. The summed E-state index contributed by atoms with van der Waals surface area (Å²) in [5.41, 5.74) is 2.77. The summed E-state index contributed by atoms with van der Waals surface area (Å²) in [5, 5.41) is 5.89. The van der Waals surface area contributed by atoms with E-state index in [4.69, 9.17) is 9.47 Å². The van der Waals surface area contributed by atoms with Crippen molar-refractivity contribution in [1.82, 2.24) is 5.32 Å². The highest BCUT2D eigenvalue weighted by Gasteiger charge is 2.34. The first kappa shape index (κ1) is 20.7. The molecule has 2 N–H and O–H groups in total. The topological polar surface area (TPSA) is 93.7 Å². The molecule has 0 unspecified atom stereocenters. The van der Waals surface area contributed by atoms with Gasteiger partial charge in [-0.25, -0.2) is 4.79 Å². The fraction of sp³-hybridized carbons (Fsp3) is 0.292. The molecule has 0 saturated heterocycles. The Morgan fingerprint density at radius 1 is 1.10 bits per heavy atom. The Balaban J connectivity index is 1.42. The van der Waals surface area contributed by atoms with E-state index in [-0.39, 0.29) is 24.1 Å². The Labute approximate surface area is 180 Å². The third-order valence-corrected chi connectivity index (χ3v) is 5.43. The fourth-order valence-corrected chi connectivity index (χ4v) is 3.83. The summed E-state index contributed by atoms with van der Waals surface area (Å²) in [4.78, 5) is 37.5. The summed E-state index contributed by atoms with van der Waals surface area (Å²) in [6.45, 7) is 1.24. The number of fused-ring (bicyclic) bond motifs is 1. The molecule has 0 aromatic heterocycles. The van der Waals surface area contributed by atoms with Crippen LogP contribution in [-0.4, -0.2) is 30.4 Å². The summed E-state index contributed by atoms with van der Waals surface area (Å²) in [6, 6.07) is 16.9. The average molecular weight is 420 g/mol. The van der Waals surface area contributed by atoms with Gasteiger partial charge in [-0.05, 0) is 49.4 Å². The summed E-state index contributed by atoms with van der Waals surface area (Å²) in [7, 11) is 0. The molecular formula is C24H24N2O5. The van der Waals surface area contributed by atoms with Crippen molar-refractivity contribution in [1.29, 1.82) is 0 Å². The third kappa shape index (κ3) is 4.60. The molecule has 2 aromatic carbocycles. The number of Topliss-reactive ketones (excluding diaryl/α,β-unsaturated/α-hetero) is 1. The number of carbonyl (C=O) groups excluding carboxylic acids is 3. The fourth-order valence-electron chi connectivity index (χ4n) is 3.83. The van der Waals surface area contributed by atoms with Gasteiger partial charge in [-0.3, -0.25) is 9.59 Å². The van der Waals surface area contributed by atoms with Crippen LogP contribution in [0.3, 0.4) is 0 Å². The van der Waals surface area contributed by atoms with E-state index in [0.717, 1.165) is 24.8 Å². The Morgan fingerprint density at radius 3 is 2.65 bits per heavy atom. The van der Waals surface area contributed by atoms with Crippen LogP contribution in [0.4, 0.5) is 5.69 Å². The molecule has 4 rings (SSSR count). The first-order valence-electron chi connectivity index (χ1n) is 10.3. The van der Waals surface area contributed by atoms with Crippen LogP contribution in [0.1, 0.15) is 36.9 Å². The Bertz CT molecular complexity index is 1030. The predicted molar refractivity (Wildman–Crippen MR) is 114 cm³/mol. The molecule has 0 radical (unpaired) electrons. The van der Waals surface area contributed by atoms with E-state index in [0.29, 0.717) is 5.69 Å². The van der Waals surface area contributed by atoms with Gasteiger partial charge in [-0.1, -0.05) is 42.5 Å². The second kappa shape index (κ2) is 9.04. The van der Waals surface area contributed by atoms with E-state index >= 15 is 0 Å². The zero-order chi connectivity index (χ0) is 21.8. The number of rotatable bonds is 6. The van der Waals surface area contributed by atoms with Crippen LogP contribution in [0.15, 0.2) is 66.1 Å². The van der Waals surface area contributed by atoms with Gasteiger partial charge in [0, 0.05) is 5.69 Å². The highest BCUT2D eigenvalue weighted by molar-refractivity contribution is 6.20. The lowest BCUT2D eigenvalue weighted by atomic mass is 9.87. The molecule has 2 aromatic rings. The number of ketones is 1. The number of carbonyl (C=O) groups is 3. The molecule has 0 fully saturated rings. The van der Waals surface area contributed by atoms with Crippen LogP contribution in [-0.2, 0) is 30.3 Å². The molecule has 1 heterocycles. The predicted octanol–water partition coefficient (Wildman–Crippen LogP) is 3.03. The van der Waals surface area contributed by atoms with Gasteiger partial charge in [-0.2, -0.15) is 0 Å². The minimum atomic E-state index is -1.06. The normalized spacial score (nSPS) is 18.6. The highest BCUT2D eigenvalue weighted by atomic mass is 16.6. The van der Waals surface area contributed by atoms with Crippen molar-refractivity contribution >= 4 is 23.3 Å². The Morgan fingerprint density at radius 2 is 1.84 bits per heavy atom. The van der Waals surface area contributed by atoms with Crippen LogP contribution in [0.2, 0.25) is 0 Å². The molecule has 2 aliphatic rings. The van der Waals surface area contributed by atoms with Crippen molar-refractivity contribution in [3.05, 3.63) is 77.2 Å². The Hall–Kier alpha value is -3.61. The van der Waals surface area contributed by atoms with Crippen LogP contribution < -0.4 is 10.6 Å². The van der Waals surface area contributed by atoms with Crippen LogP contribution in [0, 0.1) is 0 Å². The van der Waals surface area contributed by atoms with Gasteiger partial charge in [-0.15, -0.1) is 0 Å². The van der Waals surface area contributed by atoms with Gasteiger partial charge in [0.25, 0.3) is 5.91 Å². The maximum absolute atomic E-state index is 12.7. The first-order chi connectivity index (χ1) is 15.0. The number of ether oxygens (including phenoxy) is 2. The van der Waals surface area contributed by atoms with E-state index in [9.17, 15) is 14.4 Å². The maximum Gasteiger partial charge on any atom is 0.348 e. The van der Waals surface area contributed by atoms with Gasteiger partial charge >= 0.3 is 5.97 Å². The van der Waals surface area contributed by atoms with E-state index in [1.54, 1.807) is 12.1 Å². The molecule has 2 atom stereocenters. The van der Waals surface area contributed by atoms with E-state index < -0.39 is 23.8 Å². The number of hydrogen-bond acceptors (Lipinski definition) is 6. The molecule has 0 spiro atoms. The van der Waals surface area contributed by atoms with E-state index in [1.165, 1.54) is 12.5 Å². The van der Waals surface area contributed by atoms with Crippen molar-refractivity contribution in [2.24, 2.45) is 0 Å². The van der Waals surface area contributed by atoms with Crippen LogP contribution in [0.25, 0.3) is 0 Å². The number of esters is 1. The molecule has 31 heavy (non-hydrogen) atoms. The minimum absolute atomic E-state index is 0.0371. The van der Waals surface area contributed by atoms with Crippen molar-refractivity contribution < 1.29 is 23.9 Å². The molecular weight excluding hydrogens is 396 g/mol. The van der Waals surface area contributed by atoms with E-state index in [1.807, 2.05) is 36.4 Å². The zero-order valence-corrected chi connectivity index (χ0v) is 17.2. The number of nitrogens with one attached hydrogen (secondary N) is 2. The van der Waals surface area contributed by atoms with E-state index in [2.05, 4.69) is 16.7 Å². The molecule has 1 aliphatic heterocycles. The minimum Gasteiger partial charge on any atom is -0.470 e. The largest absolute Gasteiger partial charge is 0.470 e. The highest BCUT2D eigenvalue weighted by Crippen LogP contribution is 2.29. The smallest absolute Gasteiger partial charge is 0.348 e. The lowest BCUT2D eigenvalue weighted by Crippen LogP contribution is -2.39. The van der Waals surface area contributed by atoms with Gasteiger partial charge < -0.3 is 20.1 Å². The Kier molecular flexibility index (Phi) is 6.02. The lowest BCUT2D eigenvalue weighted by molar-refractivity contribution is -0.152. The molecule has 7 heteroatoms. The second-order valence-corrected chi connectivity index (χ2v) is 7.61. The summed E-state index contributed by atoms with van der Waals surface area (Å²) < 4.78 is 10.6. The van der Waals surface area contributed by atoms with Crippen LogP contribution in [0.5, 0.6) is 0 Å². The van der Waals surface area contributed by atoms with Crippen molar-refractivity contribution in [3.8, 4) is 0 Å². The molecule has 160 valence electrons. The monoisotopic (exact) mass is 420 g/mol. The molecule has 7 nitrogen and oxygen atoms in total. The molecule has 0 bridgehead atoms. The number of benzene rings is 2. The quantitative estimate of drug-likeness (QED) is 0.551. The second-order valence-electron chi connectivity index (χ2n) is 7.61. The third-order valence-electron chi connectivity index (χ3n) is 5.43. The number of amides is 1. The number of anilines is 1. The zero-order valence-electron chi connectivity index (χ0n) is 17.2. The maximum atomic E-state index is 12.7. The first-order valence-corrected chi connectivity index (χ1v) is 10.3.